The molecule has 0 unspecified atom stereocenters. The second kappa shape index (κ2) is 9.40. The Balaban J connectivity index is 1.56. The van der Waals surface area contributed by atoms with E-state index in [0.717, 1.165) is 24.2 Å². The van der Waals surface area contributed by atoms with Gasteiger partial charge in [0.1, 0.15) is 11.6 Å². The van der Waals surface area contributed by atoms with E-state index in [1.165, 1.54) is 12.3 Å². The van der Waals surface area contributed by atoms with E-state index in [-0.39, 0.29) is 25.2 Å². The van der Waals surface area contributed by atoms with Crippen LogP contribution in [-0.2, 0) is 4.74 Å². The van der Waals surface area contributed by atoms with E-state index in [4.69, 9.17) is 9.84 Å². The maximum atomic E-state index is 14.4. The van der Waals surface area contributed by atoms with Crippen molar-refractivity contribution in [1.82, 2.24) is 14.9 Å². The SMILES string of the molecule is O=C(NCCOCCO)c1cnn2ccc(N3CCC[C@@H]3c3cc(F)ccc3F)cc12. The zero-order valence-electron chi connectivity index (χ0n) is 16.9. The lowest BCUT2D eigenvalue weighted by molar-refractivity contribution is 0.0839. The van der Waals surface area contributed by atoms with Crippen molar-refractivity contribution in [3.05, 3.63) is 65.5 Å². The van der Waals surface area contributed by atoms with Crippen molar-refractivity contribution in [2.45, 2.75) is 18.9 Å². The lowest BCUT2D eigenvalue weighted by Gasteiger charge is -2.27. The van der Waals surface area contributed by atoms with Crippen LogP contribution in [0.1, 0.15) is 34.8 Å². The highest BCUT2D eigenvalue weighted by Gasteiger charge is 2.29. The Hall–Kier alpha value is -3.04. The average Bonchev–Trinajstić information content (AvgIpc) is 3.42. The summed E-state index contributed by atoms with van der Waals surface area (Å²) in [5, 5.41) is 15.7. The molecule has 1 saturated heterocycles. The van der Waals surface area contributed by atoms with Crippen LogP contribution in [0.25, 0.3) is 5.52 Å². The first kappa shape index (κ1) is 21.2. The number of ether oxygens (including phenoxy) is 1. The fraction of sp³-hybridized carbons (Fsp3) is 0.364. The molecule has 31 heavy (non-hydrogen) atoms. The third-order valence-corrected chi connectivity index (χ3v) is 5.42. The number of halogens is 2. The number of pyridine rings is 1. The fourth-order valence-corrected chi connectivity index (χ4v) is 3.99. The summed E-state index contributed by atoms with van der Waals surface area (Å²) >= 11 is 0. The van der Waals surface area contributed by atoms with Gasteiger partial charge >= 0.3 is 0 Å². The molecule has 0 spiro atoms. The van der Waals surface area contributed by atoms with Crippen LogP contribution in [0.5, 0.6) is 0 Å². The standard InChI is InChI=1S/C22H24F2N4O3/c23-15-3-4-19(24)17(12-15)20-2-1-7-27(20)16-5-8-28-21(13-16)18(14-26-28)22(30)25-6-10-31-11-9-29/h3-5,8,12-14,20,29H,1-2,6-7,9-11H2,(H,25,30)/t20-/m1/s1. The van der Waals surface area contributed by atoms with E-state index in [1.54, 1.807) is 10.7 Å². The van der Waals surface area contributed by atoms with Gasteiger partial charge in [0, 0.05) is 30.5 Å². The van der Waals surface area contributed by atoms with Crippen molar-refractivity contribution in [1.29, 1.82) is 0 Å². The van der Waals surface area contributed by atoms with Gasteiger partial charge in [-0.3, -0.25) is 4.79 Å². The van der Waals surface area contributed by atoms with E-state index in [9.17, 15) is 13.6 Å². The van der Waals surface area contributed by atoms with E-state index in [1.807, 2.05) is 17.0 Å². The molecule has 3 heterocycles. The fourth-order valence-electron chi connectivity index (χ4n) is 3.99. The molecule has 2 N–H and O–H groups in total. The second-order valence-corrected chi connectivity index (χ2v) is 7.38. The van der Waals surface area contributed by atoms with Crippen LogP contribution in [0.2, 0.25) is 0 Å². The number of fused-ring (bicyclic) bond motifs is 1. The number of nitrogens with zero attached hydrogens (tertiary/aromatic N) is 3. The minimum absolute atomic E-state index is 0.0677. The zero-order valence-corrected chi connectivity index (χ0v) is 16.9. The molecular weight excluding hydrogens is 406 g/mol. The number of carbonyl (C=O) groups is 1. The van der Waals surface area contributed by atoms with Crippen molar-refractivity contribution in [2.75, 3.05) is 37.8 Å². The molecule has 0 saturated carbocycles. The number of hydrogen-bond acceptors (Lipinski definition) is 5. The molecule has 2 aromatic heterocycles. The molecule has 1 amide bonds. The molecule has 0 aliphatic carbocycles. The highest BCUT2D eigenvalue weighted by atomic mass is 19.1. The molecule has 1 aliphatic heterocycles. The number of aliphatic hydroxyl groups is 1. The van der Waals surface area contributed by atoms with Crippen LogP contribution in [-0.4, -0.2) is 53.5 Å². The molecule has 9 heteroatoms. The maximum absolute atomic E-state index is 14.4. The Labute approximate surface area is 178 Å². The summed E-state index contributed by atoms with van der Waals surface area (Å²) in [6.45, 7) is 1.46. The number of rotatable bonds is 8. The number of amides is 1. The zero-order chi connectivity index (χ0) is 21.8. The first-order chi connectivity index (χ1) is 15.1. The minimum atomic E-state index is -0.462. The summed E-state index contributed by atoms with van der Waals surface area (Å²) in [7, 11) is 0. The van der Waals surface area contributed by atoms with Crippen molar-refractivity contribution >= 4 is 17.1 Å². The summed E-state index contributed by atoms with van der Waals surface area (Å²) in [5.41, 5.74) is 2.19. The minimum Gasteiger partial charge on any atom is -0.394 e. The molecule has 1 aromatic carbocycles. The van der Waals surface area contributed by atoms with Crippen molar-refractivity contribution in [3.8, 4) is 0 Å². The molecule has 1 atom stereocenters. The Morgan fingerprint density at radius 3 is 2.97 bits per heavy atom. The summed E-state index contributed by atoms with van der Waals surface area (Å²) in [6, 6.07) is 6.97. The van der Waals surface area contributed by atoms with Crippen LogP contribution in [0.4, 0.5) is 14.5 Å². The highest BCUT2D eigenvalue weighted by Crippen LogP contribution is 2.38. The predicted molar refractivity (Wildman–Crippen MR) is 111 cm³/mol. The first-order valence-electron chi connectivity index (χ1n) is 10.2. The monoisotopic (exact) mass is 430 g/mol. The number of hydrogen-bond donors (Lipinski definition) is 2. The number of nitrogens with one attached hydrogen (secondary N) is 1. The van der Waals surface area contributed by atoms with Crippen LogP contribution >= 0.6 is 0 Å². The van der Waals surface area contributed by atoms with Gasteiger partial charge in [-0.05, 0) is 43.2 Å². The van der Waals surface area contributed by atoms with Crippen LogP contribution in [0.3, 0.4) is 0 Å². The maximum Gasteiger partial charge on any atom is 0.255 e. The normalized spacial score (nSPS) is 16.2. The lowest BCUT2D eigenvalue weighted by atomic mass is 10.0. The quantitative estimate of drug-likeness (QED) is 0.538. The van der Waals surface area contributed by atoms with Gasteiger partial charge < -0.3 is 20.1 Å². The molecule has 7 nitrogen and oxygen atoms in total. The van der Waals surface area contributed by atoms with Gasteiger partial charge in [0.2, 0.25) is 0 Å². The Morgan fingerprint density at radius 2 is 2.13 bits per heavy atom. The van der Waals surface area contributed by atoms with E-state index < -0.39 is 11.6 Å². The van der Waals surface area contributed by atoms with Gasteiger partial charge in [0.05, 0.1) is 43.1 Å². The molecule has 0 radical (unpaired) electrons. The van der Waals surface area contributed by atoms with Gasteiger partial charge in [-0.15, -0.1) is 0 Å². The van der Waals surface area contributed by atoms with Gasteiger partial charge in [0.25, 0.3) is 5.91 Å². The number of aliphatic hydroxyl groups excluding tert-OH is 1. The molecule has 1 aliphatic rings. The molecule has 1 fully saturated rings. The van der Waals surface area contributed by atoms with Gasteiger partial charge in [-0.1, -0.05) is 0 Å². The summed E-state index contributed by atoms with van der Waals surface area (Å²) in [5.74, 6) is -1.17. The smallest absolute Gasteiger partial charge is 0.255 e. The van der Waals surface area contributed by atoms with Gasteiger partial charge in [-0.25, -0.2) is 13.3 Å². The second-order valence-electron chi connectivity index (χ2n) is 7.38. The van der Waals surface area contributed by atoms with Crippen LogP contribution < -0.4 is 10.2 Å². The lowest BCUT2D eigenvalue weighted by Crippen LogP contribution is -2.27. The molecule has 4 rings (SSSR count). The molecule has 164 valence electrons. The summed E-state index contributed by atoms with van der Waals surface area (Å²) in [6.07, 6.45) is 4.82. The Morgan fingerprint density at radius 1 is 1.26 bits per heavy atom. The van der Waals surface area contributed by atoms with Gasteiger partial charge in [-0.2, -0.15) is 5.10 Å². The number of anilines is 1. The number of aromatic nitrogens is 2. The number of carbonyl (C=O) groups excluding carboxylic acids is 1. The van der Waals surface area contributed by atoms with Crippen molar-refractivity contribution in [2.24, 2.45) is 0 Å². The largest absolute Gasteiger partial charge is 0.394 e. The van der Waals surface area contributed by atoms with Crippen molar-refractivity contribution in [3.63, 3.8) is 0 Å². The topological polar surface area (TPSA) is 79.1 Å². The Kier molecular flexibility index (Phi) is 6.43. The molecular formula is C22H24F2N4O3. The van der Waals surface area contributed by atoms with E-state index in [2.05, 4.69) is 10.4 Å². The average molecular weight is 430 g/mol. The van der Waals surface area contributed by atoms with Crippen LogP contribution in [0.15, 0.2) is 42.7 Å². The highest BCUT2D eigenvalue weighted by molar-refractivity contribution is 6.01. The van der Waals surface area contributed by atoms with Crippen molar-refractivity contribution < 1.29 is 23.4 Å². The van der Waals surface area contributed by atoms with E-state index >= 15 is 0 Å². The third kappa shape index (κ3) is 4.52. The van der Waals surface area contributed by atoms with E-state index in [0.29, 0.717) is 42.8 Å². The first-order valence-corrected chi connectivity index (χ1v) is 10.2. The Bertz CT molecular complexity index is 1070. The summed E-state index contributed by atoms with van der Waals surface area (Å²) in [4.78, 5) is 14.6. The number of benzene rings is 1. The predicted octanol–water partition coefficient (Wildman–Crippen LogP) is 2.69. The molecule has 0 bridgehead atoms. The third-order valence-electron chi connectivity index (χ3n) is 5.42. The van der Waals surface area contributed by atoms with Gasteiger partial charge in [0.15, 0.2) is 0 Å². The molecule has 3 aromatic rings. The van der Waals surface area contributed by atoms with Crippen LogP contribution in [0, 0.1) is 11.6 Å². The summed E-state index contributed by atoms with van der Waals surface area (Å²) < 4.78 is 34.9.